The van der Waals surface area contributed by atoms with Gasteiger partial charge in [0.15, 0.2) is 0 Å². The number of ether oxygens (including phenoxy) is 1. The Morgan fingerprint density at radius 1 is 1.27 bits per heavy atom. The van der Waals surface area contributed by atoms with E-state index in [1.54, 1.807) is 6.20 Å². The maximum Gasteiger partial charge on any atom is 0.148 e. The molecule has 2 heterocycles. The van der Waals surface area contributed by atoms with Crippen LogP contribution in [0.3, 0.4) is 0 Å². The van der Waals surface area contributed by atoms with Crippen molar-refractivity contribution in [2.75, 3.05) is 13.2 Å². The second-order valence-corrected chi connectivity index (χ2v) is 4.74. The van der Waals surface area contributed by atoms with E-state index in [2.05, 4.69) is 10.1 Å². The molecule has 0 aliphatic heterocycles. The van der Waals surface area contributed by atoms with Gasteiger partial charge in [-0.3, -0.25) is 9.25 Å². The Hall–Kier alpha value is -2.60. The van der Waals surface area contributed by atoms with E-state index in [0.717, 1.165) is 23.6 Å². The second kappa shape index (κ2) is 6.44. The molecule has 22 heavy (non-hydrogen) atoms. The van der Waals surface area contributed by atoms with Gasteiger partial charge in [0.2, 0.25) is 0 Å². The van der Waals surface area contributed by atoms with Crippen LogP contribution in [-0.2, 0) is 6.54 Å². The molecule has 0 fully saturated rings. The Balaban J connectivity index is 2.01. The molecule has 0 saturated heterocycles. The average molecular weight is 298 g/mol. The number of benzene rings is 1. The highest BCUT2D eigenvalue weighted by molar-refractivity contribution is 5.66. The SMILES string of the molecule is CCn1cc(-n2ccnc2-c2ccccc2OCCO)cn1. The first-order valence-electron chi connectivity index (χ1n) is 7.22. The zero-order valence-electron chi connectivity index (χ0n) is 12.4. The summed E-state index contributed by atoms with van der Waals surface area (Å²) in [5.74, 6) is 1.48. The summed E-state index contributed by atoms with van der Waals surface area (Å²) in [5.41, 5.74) is 1.83. The van der Waals surface area contributed by atoms with Gasteiger partial charge < -0.3 is 9.84 Å². The quantitative estimate of drug-likeness (QED) is 0.757. The monoisotopic (exact) mass is 298 g/mol. The standard InChI is InChI=1S/C16H18N4O2/c1-2-19-12-13(11-18-19)20-8-7-17-16(20)14-5-3-4-6-15(14)22-10-9-21/h3-8,11-12,21H,2,9-10H2,1H3. The lowest BCUT2D eigenvalue weighted by Crippen LogP contribution is -2.04. The van der Waals surface area contributed by atoms with E-state index in [9.17, 15) is 0 Å². The molecule has 0 saturated carbocycles. The number of imidazole rings is 1. The molecule has 6 nitrogen and oxygen atoms in total. The van der Waals surface area contributed by atoms with Crippen LogP contribution >= 0.6 is 0 Å². The molecule has 0 bridgehead atoms. The molecular weight excluding hydrogens is 280 g/mol. The maximum atomic E-state index is 8.95. The van der Waals surface area contributed by atoms with Crippen molar-refractivity contribution in [3.63, 3.8) is 0 Å². The number of aromatic nitrogens is 4. The lowest BCUT2D eigenvalue weighted by molar-refractivity contribution is 0.202. The zero-order chi connectivity index (χ0) is 15.4. The number of aryl methyl sites for hydroxylation is 1. The molecule has 1 N–H and O–H groups in total. The van der Waals surface area contributed by atoms with E-state index in [0.29, 0.717) is 5.75 Å². The minimum absolute atomic E-state index is 0.0218. The van der Waals surface area contributed by atoms with Crippen LogP contribution < -0.4 is 4.74 Å². The third-order valence-corrected chi connectivity index (χ3v) is 3.34. The highest BCUT2D eigenvalue weighted by Crippen LogP contribution is 2.30. The molecule has 3 rings (SSSR count). The van der Waals surface area contributed by atoms with E-state index in [1.807, 2.05) is 59.0 Å². The number of nitrogens with zero attached hydrogens (tertiary/aromatic N) is 4. The molecule has 3 aromatic rings. The fourth-order valence-electron chi connectivity index (χ4n) is 2.29. The van der Waals surface area contributed by atoms with Crippen LogP contribution in [0, 0.1) is 0 Å². The molecule has 0 spiro atoms. The van der Waals surface area contributed by atoms with Gasteiger partial charge in [-0.15, -0.1) is 0 Å². The Morgan fingerprint density at radius 2 is 2.14 bits per heavy atom. The normalized spacial score (nSPS) is 10.8. The Labute approximate surface area is 128 Å². The summed E-state index contributed by atoms with van der Waals surface area (Å²) in [6, 6.07) is 7.67. The number of para-hydroxylation sites is 1. The average Bonchev–Trinajstić information content (AvgIpc) is 3.21. The minimum atomic E-state index is -0.0218. The highest BCUT2D eigenvalue weighted by atomic mass is 16.5. The Morgan fingerprint density at radius 3 is 2.91 bits per heavy atom. The van der Waals surface area contributed by atoms with Crippen LogP contribution in [0.15, 0.2) is 49.1 Å². The molecule has 0 unspecified atom stereocenters. The molecule has 0 atom stereocenters. The van der Waals surface area contributed by atoms with Gasteiger partial charge in [-0.2, -0.15) is 5.10 Å². The van der Waals surface area contributed by atoms with Crippen molar-refractivity contribution < 1.29 is 9.84 Å². The van der Waals surface area contributed by atoms with Crippen LogP contribution in [0.5, 0.6) is 5.75 Å². The van der Waals surface area contributed by atoms with Crippen molar-refractivity contribution in [2.24, 2.45) is 0 Å². The fourth-order valence-corrected chi connectivity index (χ4v) is 2.29. The number of aliphatic hydroxyl groups excluding tert-OH is 1. The van der Waals surface area contributed by atoms with Crippen LogP contribution in [-0.4, -0.2) is 37.7 Å². The van der Waals surface area contributed by atoms with Crippen molar-refractivity contribution in [1.29, 1.82) is 0 Å². The van der Waals surface area contributed by atoms with E-state index < -0.39 is 0 Å². The van der Waals surface area contributed by atoms with Gasteiger partial charge in [0, 0.05) is 25.1 Å². The number of hydrogen-bond donors (Lipinski definition) is 1. The van der Waals surface area contributed by atoms with Crippen LogP contribution in [0.2, 0.25) is 0 Å². The topological polar surface area (TPSA) is 65.1 Å². The fraction of sp³-hybridized carbons (Fsp3) is 0.250. The Bertz CT molecular complexity index is 748. The van der Waals surface area contributed by atoms with E-state index in [-0.39, 0.29) is 13.2 Å². The first-order valence-corrected chi connectivity index (χ1v) is 7.22. The van der Waals surface area contributed by atoms with Gasteiger partial charge in [0.25, 0.3) is 0 Å². The summed E-state index contributed by atoms with van der Waals surface area (Å²) in [7, 11) is 0. The van der Waals surface area contributed by atoms with E-state index in [4.69, 9.17) is 9.84 Å². The van der Waals surface area contributed by atoms with Gasteiger partial charge in [-0.1, -0.05) is 12.1 Å². The van der Waals surface area contributed by atoms with Crippen LogP contribution in [0.1, 0.15) is 6.92 Å². The molecule has 0 aliphatic carbocycles. The highest BCUT2D eigenvalue weighted by Gasteiger charge is 2.13. The molecular formula is C16H18N4O2. The van der Waals surface area contributed by atoms with Crippen molar-refractivity contribution in [3.05, 3.63) is 49.1 Å². The number of rotatable bonds is 6. The van der Waals surface area contributed by atoms with Crippen molar-refractivity contribution in [1.82, 2.24) is 19.3 Å². The first kappa shape index (κ1) is 14.3. The molecule has 114 valence electrons. The predicted octanol–water partition coefficient (Wildman–Crippen LogP) is 2.13. The lowest BCUT2D eigenvalue weighted by atomic mass is 10.2. The van der Waals surface area contributed by atoms with Gasteiger partial charge in [0.1, 0.15) is 18.2 Å². The predicted molar refractivity (Wildman–Crippen MR) is 83.0 cm³/mol. The van der Waals surface area contributed by atoms with Crippen LogP contribution in [0.25, 0.3) is 17.1 Å². The van der Waals surface area contributed by atoms with Crippen molar-refractivity contribution in [3.8, 4) is 22.8 Å². The summed E-state index contributed by atoms with van der Waals surface area (Å²) in [6.45, 7) is 3.10. The Kier molecular flexibility index (Phi) is 4.20. The largest absolute Gasteiger partial charge is 0.490 e. The van der Waals surface area contributed by atoms with E-state index >= 15 is 0 Å². The summed E-state index contributed by atoms with van der Waals surface area (Å²) >= 11 is 0. The number of hydrogen-bond acceptors (Lipinski definition) is 4. The molecule has 0 aliphatic rings. The van der Waals surface area contributed by atoms with Gasteiger partial charge in [0.05, 0.1) is 24.1 Å². The third kappa shape index (κ3) is 2.73. The summed E-state index contributed by atoms with van der Waals surface area (Å²) in [6.07, 6.45) is 7.44. The number of aliphatic hydroxyl groups is 1. The minimum Gasteiger partial charge on any atom is -0.490 e. The van der Waals surface area contributed by atoms with Gasteiger partial charge in [-0.25, -0.2) is 4.98 Å². The molecule has 1 aromatic carbocycles. The summed E-state index contributed by atoms with van der Waals surface area (Å²) < 4.78 is 9.44. The second-order valence-electron chi connectivity index (χ2n) is 4.74. The maximum absolute atomic E-state index is 8.95. The molecule has 0 radical (unpaired) electrons. The van der Waals surface area contributed by atoms with Gasteiger partial charge >= 0.3 is 0 Å². The molecule has 2 aromatic heterocycles. The van der Waals surface area contributed by atoms with Gasteiger partial charge in [-0.05, 0) is 19.1 Å². The summed E-state index contributed by atoms with van der Waals surface area (Å²) in [4.78, 5) is 4.45. The zero-order valence-corrected chi connectivity index (χ0v) is 12.4. The van der Waals surface area contributed by atoms with Crippen LogP contribution in [0.4, 0.5) is 0 Å². The smallest absolute Gasteiger partial charge is 0.148 e. The third-order valence-electron chi connectivity index (χ3n) is 3.34. The summed E-state index contributed by atoms with van der Waals surface area (Å²) in [5, 5.41) is 13.3. The van der Waals surface area contributed by atoms with E-state index in [1.165, 1.54) is 0 Å². The molecule has 6 heteroatoms. The van der Waals surface area contributed by atoms with Crippen molar-refractivity contribution in [2.45, 2.75) is 13.5 Å². The molecule has 0 amide bonds. The van der Waals surface area contributed by atoms with Crippen molar-refractivity contribution >= 4 is 0 Å². The lowest BCUT2D eigenvalue weighted by Gasteiger charge is -2.11. The first-order chi connectivity index (χ1) is 10.8.